The summed E-state index contributed by atoms with van der Waals surface area (Å²) in [5.74, 6) is 0.186. The normalized spacial score (nSPS) is 14.7. The monoisotopic (exact) mass is 227 g/mol. The van der Waals surface area contributed by atoms with E-state index in [-0.39, 0.29) is 18.5 Å². The van der Waals surface area contributed by atoms with Crippen LogP contribution in [0.4, 0.5) is 5.82 Å². The number of nitrogen functional groups attached to an aromatic ring is 1. The van der Waals surface area contributed by atoms with Gasteiger partial charge in [0.05, 0.1) is 12.7 Å². The molecule has 90 valence electrons. The van der Waals surface area contributed by atoms with Crippen molar-refractivity contribution in [1.82, 2.24) is 9.55 Å². The standard InChI is InChI=1S/C10H17N3O3/c1-3-9(16-7(2)6-14)13-5-4-8(11)12-10(13)15/h4-5,7,9,14H,3,6H2,1-2H3,(H2,11,12,15). The van der Waals surface area contributed by atoms with E-state index in [1.54, 1.807) is 13.1 Å². The minimum Gasteiger partial charge on any atom is -0.394 e. The summed E-state index contributed by atoms with van der Waals surface area (Å²) in [6.07, 6.45) is 1.40. The van der Waals surface area contributed by atoms with Gasteiger partial charge >= 0.3 is 5.69 Å². The van der Waals surface area contributed by atoms with Gasteiger partial charge in [-0.15, -0.1) is 0 Å². The fourth-order valence-corrected chi connectivity index (χ4v) is 1.31. The summed E-state index contributed by atoms with van der Waals surface area (Å²) >= 11 is 0. The molecule has 0 saturated heterocycles. The summed E-state index contributed by atoms with van der Waals surface area (Å²) in [5, 5.41) is 8.89. The van der Waals surface area contributed by atoms with Crippen LogP contribution in [0.15, 0.2) is 17.1 Å². The molecule has 0 spiro atoms. The Morgan fingerprint density at radius 2 is 2.38 bits per heavy atom. The number of rotatable bonds is 5. The summed E-state index contributed by atoms with van der Waals surface area (Å²) in [5.41, 5.74) is 4.94. The van der Waals surface area contributed by atoms with Gasteiger partial charge in [0.2, 0.25) is 0 Å². The highest BCUT2D eigenvalue weighted by atomic mass is 16.5. The number of aromatic nitrogens is 2. The van der Waals surface area contributed by atoms with Crippen LogP contribution in [-0.4, -0.2) is 27.4 Å². The molecule has 1 heterocycles. The first-order chi connectivity index (χ1) is 7.58. The number of anilines is 1. The first kappa shape index (κ1) is 12.7. The second-order valence-corrected chi connectivity index (χ2v) is 3.53. The van der Waals surface area contributed by atoms with Crippen molar-refractivity contribution in [2.24, 2.45) is 0 Å². The number of aliphatic hydroxyl groups is 1. The second kappa shape index (κ2) is 5.62. The van der Waals surface area contributed by atoms with Crippen molar-refractivity contribution < 1.29 is 9.84 Å². The zero-order valence-electron chi connectivity index (χ0n) is 9.46. The Morgan fingerprint density at radius 3 is 2.88 bits per heavy atom. The topological polar surface area (TPSA) is 90.4 Å². The Morgan fingerprint density at radius 1 is 1.69 bits per heavy atom. The number of aliphatic hydroxyl groups excluding tert-OH is 1. The molecule has 6 nitrogen and oxygen atoms in total. The summed E-state index contributed by atoms with van der Waals surface area (Å²) in [4.78, 5) is 15.2. The summed E-state index contributed by atoms with van der Waals surface area (Å²) < 4.78 is 6.85. The lowest BCUT2D eigenvalue weighted by Crippen LogP contribution is -2.31. The third-order valence-corrected chi connectivity index (χ3v) is 2.16. The van der Waals surface area contributed by atoms with Crippen molar-refractivity contribution in [3.05, 3.63) is 22.7 Å². The van der Waals surface area contributed by atoms with Crippen LogP contribution in [0.3, 0.4) is 0 Å². The van der Waals surface area contributed by atoms with Gasteiger partial charge in [-0.05, 0) is 19.4 Å². The van der Waals surface area contributed by atoms with Gasteiger partial charge < -0.3 is 15.6 Å². The molecule has 0 bridgehead atoms. The van der Waals surface area contributed by atoms with Gasteiger partial charge in [0.25, 0.3) is 0 Å². The van der Waals surface area contributed by atoms with E-state index in [0.717, 1.165) is 0 Å². The largest absolute Gasteiger partial charge is 0.394 e. The van der Waals surface area contributed by atoms with Gasteiger partial charge in [0.1, 0.15) is 12.0 Å². The average Bonchev–Trinajstić information content (AvgIpc) is 2.26. The molecule has 0 aliphatic heterocycles. The number of hydrogen-bond donors (Lipinski definition) is 2. The molecule has 16 heavy (non-hydrogen) atoms. The Labute approximate surface area is 93.7 Å². The molecule has 0 aliphatic rings. The van der Waals surface area contributed by atoms with Crippen molar-refractivity contribution in [3.63, 3.8) is 0 Å². The highest BCUT2D eigenvalue weighted by Gasteiger charge is 2.14. The van der Waals surface area contributed by atoms with Crippen LogP contribution in [0.25, 0.3) is 0 Å². The summed E-state index contributed by atoms with van der Waals surface area (Å²) in [6, 6.07) is 1.54. The lowest BCUT2D eigenvalue weighted by molar-refractivity contribution is -0.0695. The van der Waals surface area contributed by atoms with Gasteiger partial charge in [0.15, 0.2) is 0 Å². The maximum absolute atomic E-state index is 11.5. The number of ether oxygens (including phenoxy) is 1. The molecule has 2 unspecified atom stereocenters. The first-order valence-corrected chi connectivity index (χ1v) is 5.19. The third-order valence-electron chi connectivity index (χ3n) is 2.16. The van der Waals surface area contributed by atoms with Crippen molar-refractivity contribution in [2.45, 2.75) is 32.6 Å². The second-order valence-electron chi connectivity index (χ2n) is 3.53. The van der Waals surface area contributed by atoms with E-state index in [4.69, 9.17) is 15.6 Å². The Kier molecular flexibility index (Phi) is 4.45. The van der Waals surface area contributed by atoms with E-state index in [0.29, 0.717) is 6.42 Å². The molecule has 0 aliphatic carbocycles. The van der Waals surface area contributed by atoms with Crippen LogP contribution in [0.2, 0.25) is 0 Å². The third kappa shape index (κ3) is 3.04. The minimum atomic E-state index is -0.447. The molecule has 1 aromatic heterocycles. The lowest BCUT2D eigenvalue weighted by Gasteiger charge is -2.21. The predicted molar refractivity (Wildman–Crippen MR) is 59.9 cm³/mol. The lowest BCUT2D eigenvalue weighted by atomic mass is 10.3. The van der Waals surface area contributed by atoms with E-state index in [1.165, 1.54) is 10.6 Å². The van der Waals surface area contributed by atoms with Crippen molar-refractivity contribution in [3.8, 4) is 0 Å². The Bertz CT molecular complexity index is 391. The zero-order valence-corrected chi connectivity index (χ0v) is 9.46. The number of nitrogens with zero attached hydrogens (tertiary/aromatic N) is 2. The summed E-state index contributed by atoms with van der Waals surface area (Å²) in [7, 11) is 0. The zero-order chi connectivity index (χ0) is 12.1. The maximum Gasteiger partial charge on any atom is 0.351 e. The molecule has 0 fully saturated rings. The highest BCUT2D eigenvalue weighted by Crippen LogP contribution is 2.13. The quantitative estimate of drug-likeness (QED) is 0.746. The summed E-state index contributed by atoms with van der Waals surface area (Å²) in [6.45, 7) is 3.53. The van der Waals surface area contributed by atoms with E-state index < -0.39 is 11.9 Å². The first-order valence-electron chi connectivity index (χ1n) is 5.19. The van der Waals surface area contributed by atoms with Gasteiger partial charge in [-0.1, -0.05) is 6.92 Å². The van der Waals surface area contributed by atoms with Crippen LogP contribution in [0.1, 0.15) is 26.5 Å². The molecule has 0 radical (unpaired) electrons. The average molecular weight is 227 g/mol. The number of hydrogen-bond acceptors (Lipinski definition) is 5. The fourth-order valence-electron chi connectivity index (χ4n) is 1.31. The van der Waals surface area contributed by atoms with Gasteiger partial charge in [-0.25, -0.2) is 4.79 Å². The van der Waals surface area contributed by atoms with E-state index in [9.17, 15) is 4.79 Å². The van der Waals surface area contributed by atoms with Crippen LogP contribution in [0.5, 0.6) is 0 Å². The van der Waals surface area contributed by atoms with E-state index in [2.05, 4.69) is 4.98 Å². The van der Waals surface area contributed by atoms with Crippen molar-refractivity contribution in [2.75, 3.05) is 12.3 Å². The molecular weight excluding hydrogens is 210 g/mol. The van der Waals surface area contributed by atoms with Crippen molar-refractivity contribution in [1.29, 1.82) is 0 Å². The highest BCUT2D eigenvalue weighted by molar-refractivity contribution is 5.23. The van der Waals surface area contributed by atoms with Crippen LogP contribution in [-0.2, 0) is 4.74 Å². The van der Waals surface area contributed by atoms with Crippen LogP contribution >= 0.6 is 0 Å². The molecule has 0 amide bonds. The van der Waals surface area contributed by atoms with Crippen LogP contribution < -0.4 is 11.4 Å². The predicted octanol–water partition coefficient (Wildman–Crippen LogP) is 0.132. The van der Waals surface area contributed by atoms with Gasteiger partial charge in [-0.2, -0.15) is 4.98 Å². The SMILES string of the molecule is CCC(OC(C)CO)n1ccc(N)nc1=O. The van der Waals surface area contributed by atoms with Crippen LogP contribution in [0, 0.1) is 0 Å². The molecule has 0 saturated carbocycles. The molecule has 2 atom stereocenters. The van der Waals surface area contributed by atoms with Gasteiger partial charge in [0, 0.05) is 6.20 Å². The maximum atomic E-state index is 11.5. The molecule has 1 aromatic rings. The van der Waals surface area contributed by atoms with E-state index in [1.807, 2.05) is 6.92 Å². The minimum absolute atomic E-state index is 0.0896. The molecular formula is C10H17N3O3. The molecule has 6 heteroatoms. The van der Waals surface area contributed by atoms with E-state index >= 15 is 0 Å². The fraction of sp³-hybridized carbons (Fsp3) is 0.600. The molecule has 0 aromatic carbocycles. The smallest absolute Gasteiger partial charge is 0.351 e. The van der Waals surface area contributed by atoms with Gasteiger partial charge in [-0.3, -0.25) is 4.57 Å². The van der Waals surface area contributed by atoms with Crippen molar-refractivity contribution >= 4 is 5.82 Å². The Hall–Kier alpha value is -1.40. The number of nitrogens with two attached hydrogens (primary N) is 1. The Balaban J connectivity index is 2.91. The molecule has 1 rings (SSSR count). The molecule has 3 N–H and O–H groups in total.